The maximum atomic E-state index is 9.50. The fourth-order valence-corrected chi connectivity index (χ4v) is 2.26. The molecule has 2 atom stereocenters. The Bertz CT molecular complexity index is 523. The van der Waals surface area contributed by atoms with Crippen LogP contribution in [0.2, 0.25) is 0 Å². The van der Waals surface area contributed by atoms with Crippen LogP contribution in [0.3, 0.4) is 0 Å². The molecule has 6 nitrogen and oxygen atoms in total. The molecule has 2 aromatic heterocycles. The first-order chi connectivity index (χ1) is 7.74. The Hall–Kier alpha value is -1.69. The van der Waals surface area contributed by atoms with Crippen molar-refractivity contribution in [2.24, 2.45) is 0 Å². The molecule has 6 heteroatoms. The number of aromatic nitrogens is 4. The Balaban J connectivity index is 2.02. The number of aliphatic hydroxyl groups is 1. The van der Waals surface area contributed by atoms with Gasteiger partial charge in [0.25, 0.3) is 0 Å². The highest BCUT2D eigenvalue weighted by Gasteiger charge is 2.26. The van der Waals surface area contributed by atoms with E-state index in [0.717, 1.165) is 25.1 Å². The van der Waals surface area contributed by atoms with Gasteiger partial charge in [-0.05, 0) is 19.3 Å². The summed E-state index contributed by atoms with van der Waals surface area (Å²) in [6.45, 7) is 0. The van der Waals surface area contributed by atoms with Crippen LogP contribution in [-0.4, -0.2) is 31.1 Å². The number of rotatable bonds is 1. The predicted molar refractivity (Wildman–Crippen MR) is 58.7 cm³/mol. The first-order valence-corrected chi connectivity index (χ1v) is 5.38. The van der Waals surface area contributed by atoms with E-state index in [1.807, 2.05) is 0 Å². The average Bonchev–Trinajstić information content (AvgIpc) is 2.84. The molecular weight excluding hydrogens is 206 g/mol. The number of nitrogens with zero attached hydrogens (tertiary/aromatic N) is 3. The maximum absolute atomic E-state index is 9.50. The molecule has 0 saturated heterocycles. The zero-order valence-corrected chi connectivity index (χ0v) is 8.72. The van der Waals surface area contributed by atoms with Crippen LogP contribution >= 0.6 is 0 Å². The van der Waals surface area contributed by atoms with Gasteiger partial charge in [-0.3, -0.25) is 0 Å². The zero-order chi connectivity index (χ0) is 11.1. The lowest BCUT2D eigenvalue weighted by Crippen LogP contribution is -2.00. The van der Waals surface area contributed by atoms with Crippen LogP contribution in [0.1, 0.15) is 31.0 Å². The molecule has 1 aliphatic carbocycles. The second-order valence-electron chi connectivity index (χ2n) is 4.24. The lowest BCUT2D eigenvalue weighted by molar-refractivity contribution is 0.181. The Kier molecular flexibility index (Phi) is 2.03. The van der Waals surface area contributed by atoms with E-state index >= 15 is 0 Å². The van der Waals surface area contributed by atoms with Crippen LogP contribution < -0.4 is 5.73 Å². The summed E-state index contributed by atoms with van der Waals surface area (Å²) < 4.78 is 0. The number of nitrogens with one attached hydrogen (secondary N) is 1. The molecule has 0 amide bonds. The molecule has 16 heavy (non-hydrogen) atoms. The molecular formula is C10H13N5O. The second kappa shape index (κ2) is 3.41. The van der Waals surface area contributed by atoms with Gasteiger partial charge in [0.05, 0.1) is 6.10 Å². The zero-order valence-electron chi connectivity index (χ0n) is 8.72. The molecule has 1 aliphatic rings. The molecule has 0 aromatic carbocycles. The summed E-state index contributed by atoms with van der Waals surface area (Å²) in [6.07, 6.45) is 3.75. The summed E-state index contributed by atoms with van der Waals surface area (Å²) >= 11 is 0. The first kappa shape index (κ1) is 9.53. The first-order valence-electron chi connectivity index (χ1n) is 5.38. The van der Waals surface area contributed by atoms with Crippen molar-refractivity contribution in [3.8, 4) is 0 Å². The number of imidazole rings is 1. The molecule has 2 heterocycles. The van der Waals surface area contributed by atoms with Crippen LogP contribution in [0.25, 0.3) is 11.2 Å². The summed E-state index contributed by atoms with van der Waals surface area (Å²) in [6, 6.07) is 0. The molecule has 4 N–H and O–H groups in total. The van der Waals surface area contributed by atoms with Crippen LogP contribution in [0.5, 0.6) is 0 Å². The van der Waals surface area contributed by atoms with Crippen molar-refractivity contribution >= 4 is 17.0 Å². The standard InChI is InChI=1S/C10H13N5O/c11-8-7-10(13-4-12-8)15-9(14-7)5-1-2-6(16)3-5/h4-6,16H,1-3H2,(H3,11,12,13,14,15). The number of nitrogen functional groups attached to an aromatic ring is 1. The third-order valence-corrected chi connectivity index (χ3v) is 3.13. The molecule has 1 saturated carbocycles. The minimum Gasteiger partial charge on any atom is -0.393 e. The molecule has 0 bridgehead atoms. The molecule has 2 unspecified atom stereocenters. The van der Waals surface area contributed by atoms with Crippen LogP contribution in [-0.2, 0) is 0 Å². The normalized spacial score (nSPS) is 25.3. The smallest absolute Gasteiger partial charge is 0.183 e. The summed E-state index contributed by atoms with van der Waals surface area (Å²) in [5.74, 6) is 1.56. The molecule has 1 fully saturated rings. The van der Waals surface area contributed by atoms with E-state index in [2.05, 4.69) is 19.9 Å². The third-order valence-electron chi connectivity index (χ3n) is 3.13. The van der Waals surface area contributed by atoms with Gasteiger partial charge in [0.1, 0.15) is 17.7 Å². The number of hydrogen-bond donors (Lipinski definition) is 3. The average molecular weight is 219 g/mol. The quantitative estimate of drug-likeness (QED) is 0.650. The number of anilines is 1. The molecule has 0 spiro atoms. The van der Waals surface area contributed by atoms with Gasteiger partial charge in [-0.1, -0.05) is 0 Å². The predicted octanol–water partition coefficient (Wildman–Crippen LogP) is 0.564. The topological polar surface area (TPSA) is 101 Å². The Labute approximate surface area is 91.9 Å². The van der Waals surface area contributed by atoms with Crippen LogP contribution in [0, 0.1) is 0 Å². The lowest BCUT2D eigenvalue weighted by atomic mass is 10.1. The van der Waals surface area contributed by atoms with Crippen molar-refractivity contribution in [3.63, 3.8) is 0 Å². The van der Waals surface area contributed by atoms with Gasteiger partial charge in [-0.2, -0.15) is 0 Å². The van der Waals surface area contributed by atoms with Crippen molar-refractivity contribution in [3.05, 3.63) is 12.2 Å². The van der Waals surface area contributed by atoms with E-state index in [9.17, 15) is 5.11 Å². The lowest BCUT2D eigenvalue weighted by Gasteiger charge is -2.03. The molecule has 84 valence electrons. The van der Waals surface area contributed by atoms with Crippen molar-refractivity contribution in [2.75, 3.05) is 5.73 Å². The van der Waals surface area contributed by atoms with Gasteiger partial charge in [-0.25, -0.2) is 15.0 Å². The Morgan fingerprint density at radius 3 is 2.94 bits per heavy atom. The van der Waals surface area contributed by atoms with Gasteiger partial charge < -0.3 is 15.8 Å². The minimum absolute atomic E-state index is 0.207. The van der Waals surface area contributed by atoms with Crippen molar-refractivity contribution < 1.29 is 5.11 Å². The molecule has 3 rings (SSSR count). The van der Waals surface area contributed by atoms with E-state index in [-0.39, 0.29) is 12.0 Å². The summed E-state index contributed by atoms with van der Waals surface area (Å²) in [5, 5.41) is 9.50. The van der Waals surface area contributed by atoms with E-state index in [1.165, 1.54) is 6.33 Å². The Morgan fingerprint density at radius 2 is 2.25 bits per heavy atom. The highest BCUT2D eigenvalue weighted by atomic mass is 16.3. The number of nitrogens with two attached hydrogens (primary N) is 1. The maximum Gasteiger partial charge on any atom is 0.183 e. The van der Waals surface area contributed by atoms with Crippen LogP contribution in [0.15, 0.2) is 6.33 Å². The summed E-state index contributed by atoms with van der Waals surface area (Å²) in [4.78, 5) is 15.5. The number of aliphatic hydroxyl groups excluding tert-OH is 1. The van der Waals surface area contributed by atoms with Gasteiger partial charge in [-0.15, -0.1) is 0 Å². The number of hydrogen-bond acceptors (Lipinski definition) is 5. The third kappa shape index (κ3) is 1.42. The van der Waals surface area contributed by atoms with Crippen molar-refractivity contribution in [1.29, 1.82) is 0 Å². The van der Waals surface area contributed by atoms with Gasteiger partial charge in [0.15, 0.2) is 11.5 Å². The van der Waals surface area contributed by atoms with E-state index in [4.69, 9.17) is 5.73 Å². The largest absolute Gasteiger partial charge is 0.393 e. The SMILES string of the molecule is Nc1ncnc2nc(C3CCC(O)C3)[nH]c12. The van der Waals surface area contributed by atoms with Gasteiger partial charge in [0.2, 0.25) is 0 Å². The molecule has 0 radical (unpaired) electrons. The number of H-pyrrole nitrogens is 1. The number of fused-ring (bicyclic) bond motifs is 1. The van der Waals surface area contributed by atoms with Crippen molar-refractivity contribution in [2.45, 2.75) is 31.3 Å². The summed E-state index contributed by atoms with van der Waals surface area (Å²) in [7, 11) is 0. The van der Waals surface area contributed by atoms with E-state index in [0.29, 0.717) is 17.0 Å². The van der Waals surface area contributed by atoms with Crippen molar-refractivity contribution in [1.82, 2.24) is 19.9 Å². The van der Waals surface area contributed by atoms with E-state index in [1.54, 1.807) is 0 Å². The van der Waals surface area contributed by atoms with Gasteiger partial charge >= 0.3 is 0 Å². The highest BCUT2D eigenvalue weighted by Crippen LogP contribution is 2.33. The monoisotopic (exact) mass is 219 g/mol. The highest BCUT2D eigenvalue weighted by molar-refractivity contribution is 5.81. The fraction of sp³-hybridized carbons (Fsp3) is 0.500. The Morgan fingerprint density at radius 1 is 1.38 bits per heavy atom. The fourth-order valence-electron chi connectivity index (χ4n) is 2.26. The minimum atomic E-state index is -0.207. The second-order valence-corrected chi connectivity index (χ2v) is 4.24. The molecule has 0 aliphatic heterocycles. The number of aromatic amines is 1. The van der Waals surface area contributed by atoms with E-state index < -0.39 is 0 Å². The van der Waals surface area contributed by atoms with Gasteiger partial charge in [0, 0.05) is 5.92 Å². The summed E-state index contributed by atoms with van der Waals surface area (Å²) in [5.41, 5.74) is 7.02. The van der Waals surface area contributed by atoms with Crippen LogP contribution in [0.4, 0.5) is 5.82 Å². The molecule has 2 aromatic rings.